The maximum atomic E-state index is 13.5. The third-order valence-electron chi connectivity index (χ3n) is 3.32. The highest BCUT2D eigenvalue weighted by Crippen LogP contribution is 2.40. The van der Waals surface area contributed by atoms with Gasteiger partial charge in [-0.25, -0.2) is 4.39 Å². The highest BCUT2D eigenvalue weighted by atomic mass is 79.9. The van der Waals surface area contributed by atoms with E-state index in [1.54, 1.807) is 23.5 Å². The van der Waals surface area contributed by atoms with Crippen molar-refractivity contribution < 1.29 is 9.13 Å². The van der Waals surface area contributed by atoms with Gasteiger partial charge in [-0.3, -0.25) is 0 Å². The maximum Gasteiger partial charge on any atom is 0.165 e. The van der Waals surface area contributed by atoms with Gasteiger partial charge >= 0.3 is 0 Å². The Morgan fingerprint density at radius 3 is 2.86 bits per heavy atom. The van der Waals surface area contributed by atoms with Crippen LogP contribution in [0.15, 0.2) is 46.3 Å². The van der Waals surface area contributed by atoms with Gasteiger partial charge in [0.05, 0.1) is 12.5 Å². The molecule has 0 fully saturated rings. The molecule has 0 aliphatic carbocycles. The maximum absolute atomic E-state index is 13.5. The second-order valence-corrected chi connectivity index (χ2v) is 6.73. The summed E-state index contributed by atoms with van der Waals surface area (Å²) in [5, 5.41) is 2.81. The molecule has 0 bridgehead atoms. The summed E-state index contributed by atoms with van der Waals surface area (Å²) in [5.74, 6) is -0.179. The zero-order valence-electron chi connectivity index (χ0n) is 11.1. The molecule has 108 valence electrons. The fourth-order valence-electron chi connectivity index (χ4n) is 2.25. The van der Waals surface area contributed by atoms with Crippen molar-refractivity contribution in [2.45, 2.75) is 5.38 Å². The summed E-state index contributed by atoms with van der Waals surface area (Å²) in [7, 11) is 1.45. The molecule has 0 aliphatic rings. The Balaban J connectivity index is 2.08. The standard InChI is InChI=1S/C16H11BrClFOS/c1-20-14-7-9(5-6-13(14)19)15(18)11-8-21-16-10(11)3-2-4-12(16)17/h2-8,15H,1H3. The molecule has 1 heterocycles. The number of hydrogen-bond donors (Lipinski definition) is 0. The lowest BCUT2D eigenvalue weighted by Gasteiger charge is -2.11. The van der Waals surface area contributed by atoms with Crippen LogP contribution in [-0.2, 0) is 0 Å². The molecule has 3 aromatic rings. The van der Waals surface area contributed by atoms with E-state index in [0.717, 1.165) is 25.7 Å². The highest BCUT2D eigenvalue weighted by Gasteiger charge is 2.18. The number of fused-ring (bicyclic) bond motifs is 1. The minimum Gasteiger partial charge on any atom is -0.494 e. The summed E-state index contributed by atoms with van der Waals surface area (Å²) in [4.78, 5) is 0. The smallest absolute Gasteiger partial charge is 0.165 e. The van der Waals surface area contributed by atoms with Crippen molar-refractivity contribution >= 4 is 49.0 Å². The molecule has 0 amide bonds. The van der Waals surface area contributed by atoms with Crippen molar-refractivity contribution in [2.24, 2.45) is 0 Å². The predicted molar refractivity (Wildman–Crippen MR) is 90.2 cm³/mol. The molecule has 3 rings (SSSR count). The number of ether oxygens (including phenoxy) is 1. The Kier molecular flexibility index (Phi) is 4.20. The van der Waals surface area contributed by atoms with Crippen LogP contribution in [0.4, 0.5) is 4.39 Å². The first-order valence-electron chi connectivity index (χ1n) is 6.25. The zero-order chi connectivity index (χ0) is 15.0. The fraction of sp³-hybridized carbons (Fsp3) is 0.125. The Morgan fingerprint density at radius 1 is 1.29 bits per heavy atom. The van der Waals surface area contributed by atoms with Gasteiger partial charge in [-0.1, -0.05) is 18.2 Å². The largest absolute Gasteiger partial charge is 0.494 e. The number of methoxy groups -OCH3 is 1. The third-order valence-corrected chi connectivity index (χ3v) is 5.78. The van der Waals surface area contributed by atoms with Gasteiger partial charge in [-0.05, 0) is 56.0 Å². The molecule has 0 spiro atoms. The van der Waals surface area contributed by atoms with Crippen LogP contribution in [0.25, 0.3) is 10.1 Å². The van der Waals surface area contributed by atoms with Gasteiger partial charge in [0.1, 0.15) is 0 Å². The van der Waals surface area contributed by atoms with E-state index in [1.165, 1.54) is 13.2 Å². The molecule has 21 heavy (non-hydrogen) atoms. The van der Waals surface area contributed by atoms with E-state index < -0.39 is 0 Å². The quantitative estimate of drug-likeness (QED) is 0.492. The molecule has 0 saturated heterocycles. The second kappa shape index (κ2) is 5.95. The average molecular weight is 386 g/mol. The summed E-state index contributed by atoms with van der Waals surface area (Å²) in [6.07, 6.45) is 0. The van der Waals surface area contributed by atoms with Gasteiger partial charge in [0.25, 0.3) is 0 Å². The van der Waals surface area contributed by atoms with E-state index in [1.807, 2.05) is 23.6 Å². The van der Waals surface area contributed by atoms with E-state index in [0.29, 0.717) is 0 Å². The summed E-state index contributed by atoms with van der Waals surface area (Å²) in [5.41, 5.74) is 1.83. The van der Waals surface area contributed by atoms with Gasteiger partial charge in [0, 0.05) is 9.17 Å². The summed E-state index contributed by atoms with van der Waals surface area (Å²) >= 11 is 11.8. The Morgan fingerprint density at radius 2 is 2.10 bits per heavy atom. The van der Waals surface area contributed by atoms with Crippen molar-refractivity contribution in [3.63, 3.8) is 0 Å². The van der Waals surface area contributed by atoms with Crippen molar-refractivity contribution in [1.29, 1.82) is 0 Å². The van der Waals surface area contributed by atoms with Crippen molar-refractivity contribution in [2.75, 3.05) is 7.11 Å². The predicted octanol–water partition coefficient (Wildman–Crippen LogP) is 6.14. The Hall–Kier alpha value is -1.10. The Bertz CT molecular complexity index is 802. The van der Waals surface area contributed by atoms with Crippen LogP contribution in [0.1, 0.15) is 16.5 Å². The van der Waals surface area contributed by atoms with E-state index in [2.05, 4.69) is 15.9 Å². The van der Waals surface area contributed by atoms with E-state index in [9.17, 15) is 4.39 Å². The number of hydrogen-bond acceptors (Lipinski definition) is 2. The van der Waals surface area contributed by atoms with Crippen LogP contribution < -0.4 is 4.74 Å². The first-order chi connectivity index (χ1) is 10.1. The summed E-state index contributed by atoms with van der Waals surface area (Å²) < 4.78 is 20.7. The normalized spacial score (nSPS) is 12.6. The lowest BCUT2D eigenvalue weighted by atomic mass is 10.0. The molecular formula is C16H11BrClFOS. The topological polar surface area (TPSA) is 9.23 Å². The molecule has 0 saturated carbocycles. The Labute approximate surface area is 139 Å². The lowest BCUT2D eigenvalue weighted by molar-refractivity contribution is 0.386. The molecule has 1 nitrogen and oxygen atoms in total. The first kappa shape index (κ1) is 14.8. The average Bonchev–Trinajstić information content (AvgIpc) is 2.92. The van der Waals surface area contributed by atoms with Gasteiger partial charge in [0.2, 0.25) is 0 Å². The molecule has 1 unspecified atom stereocenters. The van der Waals surface area contributed by atoms with Crippen molar-refractivity contribution in [1.82, 2.24) is 0 Å². The second-order valence-electron chi connectivity index (χ2n) is 4.56. The fourth-order valence-corrected chi connectivity index (χ4v) is 4.29. The number of rotatable bonds is 3. The number of halogens is 3. The van der Waals surface area contributed by atoms with Crippen LogP contribution in [0.2, 0.25) is 0 Å². The van der Waals surface area contributed by atoms with Crippen molar-refractivity contribution in [3.8, 4) is 5.75 Å². The van der Waals surface area contributed by atoms with Gasteiger partial charge in [0.15, 0.2) is 11.6 Å². The molecule has 2 aromatic carbocycles. The molecule has 5 heteroatoms. The summed E-state index contributed by atoms with van der Waals surface area (Å²) in [6.45, 7) is 0. The van der Waals surface area contributed by atoms with Crippen LogP contribution in [0.3, 0.4) is 0 Å². The molecule has 1 aromatic heterocycles. The SMILES string of the molecule is COc1cc(C(Cl)c2csc3c(Br)cccc23)ccc1F. The number of alkyl halides is 1. The lowest BCUT2D eigenvalue weighted by Crippen LogP contribution is -1.95. The molecule has 0 radical (unpaired) electrons. The van der Waals surface area contributed by atoms with Gasteiger partial charge in [-0.15, -0.1) is 22.9 Å². The first-order valence-corrected chi connectivity index (χ1v) is 8.36. The number of thiophene rings is 1. The monoisotopic (exact) mass is 384 g/mol. The van der Waals surface area contributed by atoms with Crippen LogP contribution in [-0.4, -0.2) is 7.11 Å². The minimum atomic E-state index is -0.386. The minimum absolute atomic E-state index is 0.207. The van der Waals surface area contributed by atoms with Gasteiger partial charge in [-0.2, -0.15) is 0 Å². The zero-order valence-corrected chi connectivity index (χ0v) is 14.2. The molecular weight excluding hydrogens is 375 g/mol. The summed E-state index contributed by atoms with van der Waals surface area (Å²) in [6, 6.07) is 10.8. The van der Waals surface area contributed by atoms with Crippen LogP contribution in [0.5, 0.6) is 5.75 Å². The highest BCUT2D eigenvalue weighted by molar-refractivity contribution is 9.10. The van der Waals surface area contributed by atoms with E-state index >= 15 is 0 Å². The van der Waals surface area contributed by atoms with Crippen LogP contribution >= 0.6 is 38.9 Å². The van der Waals surface area contributed by atoms with E-state index in [4.69, 9.17) is 16.3 Å². The molecule has 1 atom stereocenters. The van der Waals surface area contributed by atoms with Crippen molar-refractivity contribution in [3.05, 3.63) is 63.2 Å². The van der Waals surface area contributed by atoms with Gasteiger partial charge < -0.3 is 4.74 Å². The molecule has 0 aliphatic heterocycles. The number of benzene rings is 2. The molecule has 0 N–H and O–H groups in total. The third kappa shape index (κ3) is 2.68. The van der Waals surface area contributed by atoms with E-state index in [-0.39, 0.29) is 16.9 Å². The van der Waals surface area contributed by atoms with Crippen LogP contribution in [0, 0.1) is 5.82 Å².